The third-order valence-electron chi connectivity index (χ3n) is 3.22. The van der Waals surface area contributed by atoms with Crippen LogP contribution in [-0.4, -0.2) is 28.0 Å². The third kappa shape index (κ3) is 3.28. The number of rotatable bonds is 5. The normalized spacial score (nSPS) is 10.6. The van der Waals surface area contributed by atoms with Crippen LogP contribution in [0.15, 0.2) is 42.5 Å². The van der Waals surface area contributed by atoms with Crippen molar-refractivity contribution in [2.75, 3.05) is 23.7 Å². The highest BCUT2D eigenvalue weighted by Gasteiger charge is 2.03. The maximum absolute atomic E-state index is 12.9. The Labute approximate surface area is 127 Å². The zero-order valence-electron chi connectivity index (χ0n) is 12.2. The number of hydrogen-bond acceptors (Lipinski definition) is 5. The number of anilines is 2. The molecule has 2 aromatic heterocycles. The van der Waals surface area contributed by atoms with Gasteiger partial charge in [-0.3, -0.25) is 0 Å². The summed E-state index contributed by atoms with van der Waals surface area (Å²) in [6, 6.07) is 12.6. The maximum Gasteiger partial charge on any atom is 0.223 e. The summed E-state index contributed by atoms with van der Waals surface area (Å²) in [5.74, 6) is 0.606. The zero-order chi connectivity index (χ0) is 15.4. The smallest absolute Gasteiger partial charge is 0.223 e. The molecule has 0 aliphatic heterocycles. The van der Waals surface area contributed by atoms with Crippen molar-refractivity contribution < 1.29 is 4.39 Å². The van der Waals surface area contributed by atoms with Crippen molar-refractivity contribution in [3.05, 3.63) is 54.1 Å². The minimum absolute atomic E-state index is 0.494. The van der Waals surface area contributed by atoms with Crippen LogP contribution >= 0.6 is 0 Å². The Kier molecular flexibility index (Phi) is 4.09. The van der Waals surface area contributed by atoms with Crippen LogP contribution in [0.2, 0.25) is 0 Å². The summed E-state index contributed by atoms with van der Waals surface area (Å²) in [5.41, 5.74) is 1.85. The van der Waals surface area contributed by atoms with Crippen molar-refractivity contribution in [2.24, 2.45) is 0 Å². The molecule has 0 amide bonds. The first-order valence-electron chi connectivity index (χ1n) is 7.06. The number of aryl methyl sites for hydroxylation is 1. The molecule has 6 heteroatoms. The number of nitrogens with one attached hydrogen (secondary N) is 2. The van der Waals surface area contributed by atoms with Crippen LogP contribution in [0.3, 0.4) is 0 Å². The molecule has 0 fully saturated rings. The quantitative estimate of drug-likeness (QED) is 0.560. The molecule has 0 aliphatic carbocycles. The molecule has 0 unspecified atom stereocenters. The van der Waals surface area contributed by atoms with Crippen molar-refractivity contribution >= 4 is 22.7 Å². The number of fused-ring (bicyclic) bond motifs is 1. The van der Waals surface area contributed by atoms with Crippen LogP contribution in [-0.2, 0) is 0 Å². The molecule has 1 aromatic carbocycles. The number of nitrogens with zero attached hydrogens (tertiary/aromatic N) is 3. The summed E-state index contributed by atoms with van der Waals surface area (Å²) in [5, 5.41) is 7.25. The van der Waals surface area contributed by atoms with E-state index in [-0.39, 0.29) is 0 Å². The lowest BCUT2D eigenvalue weighted by Gasteiger charge is -2.09. The molecule has 0 spiro atoms. The molecule has 0 radical (unpaired) electrons. The first kappa shape index (κ1) is 14.2. The fraction of sp³-hybridized carbons (Fsp3) is 0.188. The van der Waals surface area contributed by atoms with Gasteiger partial charge in [0.25, 0.3) is 0 Å². The molecule has 2 N–H and O–H groups in total. The molecule has 5 nitrogen and oxygen atoms in total. The van der Waals surface area contributed by atoms with Gasteiger partial charge in [-0.15, -0.1) is 0 Å². The third-order valence-corrected chi connectivity index (χ3v) is 3.22. The van der Waals surface area contributed by atoms with Gasteiger partial charge in [0.2, 0.25) is 11.9 Å². The van der Waals surface area contributed by atoms with Gasteiger partial charge < -0.3 is 10.6 Å². The second-order valence-corrected chi connectivity index (χ2v) is 4.85. The fourth-order valence-electron chi connectivity index (χ4n) is 2.19. The second kappa shape index (κ2) is 6.34. The van der Waals surface area contributed by atoms with Gasteiger partial charge in [-0.1, -0.05) is 24.3 Å². The number of para-hydroxylation sites is 1. The van der Waals surface area contributed by atoms with Crippen LogP contribution in [0, 0.1) is 12.9 Å². The molecule has 0 bridgehead atoms. The van der Waals surface area contributed by atoms with Gasteiger partial charge in [-0.25, -0.2) is 15.0 Å². The van der Waals surface area contributed by atoms with Gasteiger partial charge >= 0.3 is 0 Å². The van der Waals surface area contributed by atoms with E-state index in [0.29, 0.717) is 24.9 Å². The van der Waals surface area contributed by atoms with E-state index in [4.69, 9.17) is 0 Å². The molecule has 0 atom stereocenters. The fourth-order valence-corrected chi connectivity index (χ4v) is 2.19. The Hall–Kier alpha value is -2.76. The molecular weight excluding hydrogens is 281 g/mol. The highest BCUT2D eigenvalue weighted by Crippen LogP contribution is 2.16. The molecule has 0 saturated carbocycles. The van der Waals surface area contributed by atoms with E-state index in [0.717, 1.165) is 16.6 Å². The predicted molar refractivity (Wildman–Crippen MR) is 85.4 cm³/mol. The molecular formula is C16H16FN5. The standard InChI is InChI=1S/C16H16FN5/c1-11-12-5-2-3-6-13(12)21-16(20-11)19-10-9-18-15-8-4-7-14(17)22-15/h2-8H,9-10H2,1H3,(H,18,22)(H,19,20,21). The average molecular weight is 297 g/mol. The summed E-state index contributed by atoms with van der Waals surface area (Å²) in [7, 11) is 0. The number of aromatic nitrogens is 3. The van der Waals surface area contributed by atoms with Crippen LogP contribution < -0.4 is 10.6 Å². The Morgan fingerprint density at radius 1 is 0.909 bits per heavy atom. The lowest BCUT2D eigenvalue weighted by molar-refractivity contribution is 0.585. The Balaban J connectivity index is 1.60. The largest absolute Gasteiger partial charge is 0.368 e. The van der Waals surface area contributed by atoms with Gasteiger partial charge in [0.15, 0.2) is 0 Å². The Morgan fingerprint density at radius 3 is 2.59 bits per heavy atom. The zero-order valence-corrected chi connectivity index (χ0v) is 12.2. The van der Waals surface area contributed by atoms with E-state index in [9.17, 15) is 4.39 Å². The molecule has 22 heavy (non-hydrogen) atoms. The van der Waals surface area contributed by atoms with Crippen molar-refractivity contribution in [3.8, 4) is 0 Å². The van der Waals surface area contributed by atoms with Crippen LogP contribution in [0.4, 0.5) is 16.2 Å². The predicted octanol–water partition coefficient (Wildman–Crippen LogP) is 3.00. The van der Waals surface area contributed by atoms with Crippen molar-refractivity contribution in [3.63, 3.8) is 0 Å². The molecule has 2 heterocycles. The van der Waals surface area contributed by atoms with Crippen molar-refractivity contribution in [1.29, 1.82) is 0 Å². The summed E-state index contributed by atoms with van der Waals surface area (Å²) < 4.78 is 12.9. The summed E-state index contributed by atoms with van der Waals surface area (Å²) in [6.45, 7) is 3.16. The van der Waals surface area contributed by atoms with Gasteiger partial charge in [0, 0.05) is 18.5 Å². The first-order chi connectivity index (χ1) is 10.7. The van der Waals surface area contributed by atoms with E-state index in [1.165, 1.54) is 6.07 Å². The topological polar surface area (TPSA) is 62.7 Å². The van der Waals surface area contributed by atoms with Crippen LogP contribution in [0.5, 0.6) is 0 Å². The Morgan fingerprint density at radius 2 is 1.73 bits per heavy atom. The van der Waals surface area contributed by atoms with Gasteiger partial charge in [-0.05, 0) is 25.1 Å². The molecule has 0 aliphatic rings. The number of hydrogen-bond donors (Lipinski definition) is 2. The van der Waals surface area contributed by atoms with Gasteiger partial charge in [0.1, 0.15) is 5.82 Å². The first-order valence-corrected chi connectivity index (χ1v) is 7.06. The van der Waals surface area contributed by atoms with E-state index in [1.54, 1.807) is 12.1 Å². The molecule has 3 rings (SSSR count). The van der Waals surface area contributed by atoms with Crippen molar-refractivity contribution in [2.45, 2.75) is 6.92 Å². The van der Waals surface area contributed by atoms with E-state index < -0.39 is 5.95 Å². The lowest BCUT2D eigenvalue weighted by Crippen LogP contribution is -2.16. The van der Waals surface area contributed by atoms with E-state index in [1.807, 2.05) is 31.2 Å². The summed E-state index contributed by atoms with van der Waals surface area (Å²) >= 11 is 0. The summed E-state index contributed by atoms with van der Waals surface area (Å²) in [6.07, 6.45) is 0. The SMILES string of the molecule is Cc1nc(NCCNc2cccc(F)n2)nc2ccccc12. The number of pyridine rings is 1. The molecule has 3 aromatic rings. The lowest BCUT2D eigenvalue weighted by atomic mass is 10.2. The minimum Gasteiger partial charge on any atom is -0.368 e. The highest BCUT2D eigenvalue weighted by molar-refractivity contribution is 5.81. The van der Waals surface area contributed by atoms with Gasteiger partial charge in [-0.2, -0.15) is 4.39 Å². The van der Waals surface area contributed by atoms with Crippen molar-refractivity contribution in [1.82, 2.24) is 15.0 Å². The van der Waals surface area contributed by atoms with E-state index >= 15 is 0 Å². The molecule has 112 valence electrons. The average Bonchev–Trinajstić information content (AvgIpc) is 2.52. The highest BCUT2D eigenvalue weighted by atomic mass is 19.1. The monoisotopic (exact) mass is 297 g/mol. The second-order valence-electron chi connectivity index (χ2n) is 4.85. The van der Waals surface area contributed by atoms with Gasteiger partial charge in [0.05, 0.1) is 11.2 Å². The number of benzene rings is 1. The summed E-state index contributed by atoms with van der Waals surface area (Å²) in [4.78, 5) is 12.6. The van der Waals surface area contributed by atoms with Crippen LogP contribution in [0.1, 0.15) is 5.69 Å². The van der Waals surface area contributed by atoms with E-state index in [2.05, 4.69) is 25.6 Å². The van der Waals surface area contributed by atoms with Crippen LogP contribution in [0.25, 0.3) is 10.9 Å². The minimum atomic E-state index is -0.494. The maximum atomic E-state index is 12.9. The Bertz CT molecular complexity index is 790. The number of halogens is 1. The molecule has 0 saturated heterocycles.